The summed E-state index contributed by atoms with van der Waals surface area (Å²) in [4.78, 5) is 16.2. The average Bonchev–Trinajstić information content (AvgIpc) is 2.27. The normalized spacial score (nSPS) is 22.1. The molecule has 1 saturated heterocycles. The second kappa shape index (κ2) is 5.07. The molecule has 0 radical (unpaired) electrons. The number of piperidine rings is 1. The number of carbonyl (C=O) groups excluding carboxylic acids is 1. The summed E-state index contributed by atoms with van der Waals surface area (Å²) in [7, 11) is 1.92. The molecular formula is C13H26N2O. The zero-order valence-electron chi connectivity index (χ0n) is 11.4. The second-order valence-electron chi connectivity index (χ2n) is 5.70. The van der Waals surface area contributed by atoms with Crippen LogP contribution in [0, 0.1) is 5.92 Å². The molecule has 16 heavy (non-hydrogen) atoms. The van der Waals surface area contributed by atoms with Crippen molar-refractivity contribution >= 4 is 6.03 Å². The molecule has 0 aromatic rings. The average molecular weight is 226 g/mol. The Balaban J connectivity index is 2.63. The van der Waals surface area contributed by atoms with Gasteiger partial charge in [-0.3, -0.25) is 0 Å². The Labute approximate surface area is 99.8 Å². The molecule has 1 aliphatic rings. The standard InChI is InChI=1S/C13H26N2O/c1-6-13(3,4)14(5)12(16)15-9-7-8-11(2)10-15/h11H,6-10H2,1-5H3. The highest BCUT2D eigenvalue weighted by Gasteiger charge is 2.30. The third kappa shape index (κ3) is 2.89. The summed E-state index contributed by atoms with van der Waals surface area (Å²) in [5.41, 5.74) is -0.0439. The molecule has 2 amide bonds. The molecular weight excluding hydrogens is 200 g/mol. The lowest BCUT2D eigenvalue weighted by Crippen LogP contribution is -2.52. The van der Waals surface area contributed by atoms with Crippen LogP contribution in [0.4, 0.5) is 4.79 Å². The van der Waals surface area contributed by atoms with Crippen molar-refractivity contribution in [2.45, 2.75) is 52.5 Å². The van der Waals surface area contributed by atoms with Crippen molar-refractivity contribution in [1.29, 1.82) is 0 Å². The molecule has 0 saturated carbocycles. The molecule has 0 bridgehead atoms. The molecule has 0 N–H and O–H groups in total. The van der Waals surface area contributed by atoms with Gasteiger partial charge in [0.2, 0.25) is 0 Å². The van der Waals surface area contributed by atoms with Gasteiger partial charge in [-0.25, -0.2) is 4.79 Å². The Hall–Kier alpha value is -0.730. The van der Waals surface area contributed by atoms with Crippen molar-refractivity contribution in [3.8, 4) is 0 Å². The van der Waals surface area contributed by atoms with E-state index in [0.29, 0.717) is 5.92 Å². The van der Waals surface area contributed by atoms with Crippen molar-refractivity contribution < 1.29 is 4.79 Å². The quantitative estimate of drug-likeness (QED) is 0.710. The molecule has 1 heterocycles. The number of amides is 2. The van der Waals surface area contributed by atoms with Crippen molar-refractivity contribution in [3.05, 3.63) is 0 Å². The fourth-order valence-electron chi connectivity index (χ4n) is 2.07. The smallest absolute Gasteiger partial charge is 0.320 e. The van der Waals surface area contributed by atoms with Gasteiger partial charge in [-0.05, 0) is 39.0 Å². The predicted octanol–water partition coefficient (Wildman–Crippen LogP) is 2.96. The van der Waals surface area contributed by atoms with Crippen molar-refractivity contribution in [2.24, 2.45) is 5.92 Å². The van der Waals surface area contributed by atoms with E-state index in [1.165, 1.54) is 6.42 Å². The number of likely N-dealkylation sites (tertiary alicyclic amines) is 1. The molecule has 3 nitrogen and oxygen atoms in total. The highest BCUT2D eigenvalue weighted by atomic mass is 16.2. The minimum Gasteiger partial charge on any atom is -0.324 e. The van der Waals surface area contributed by atoms with Gasteiger partial charge in [0.05, 0.1) is 0 Å². The summed E-state index contributed by atoms with van der Waals surface area (Å²) in [5, 5.41) is 0. The molecule has 0 aromatic heterocycles. The van der Waals surface area contributed by atoms with E-state index in [1.807, 2.05) is 16.8 Å². The molecule has 0 spiro atoms. The largest absolute Gasteiger partial charge is 0.324 e. The van der Waals surface area contributed by atoms with Gasteiger partial charge in [0.15, 0.2) is 0 Å². The molecule has 94 valence electrons. The maximum Gasteiger partial charge on any atom is 0.320 e. The van der Waals surface area contributed by atoms with Crippen molar-refractivity contribution in [2.75, 3.05) is 20.1 Å². The molecule has 1 fully saturated rings. The van der Waals surface area contributed by atoms with Gasteiger partial charge in [0, 0.05) is 25.7 Å². The summed E-state index contributed by atoms with van der Waals surface area (Å²) in [6.07, 6.45) is 3.39. The van der Waals surface area contributed by atoms with Crippen LogP contribution in [0.5, 0.6) is 0 Å². The minimum atomic E-state index is -0.0439. The molecule has 0 aromatic carbocycles. The Kier molecular flexibility index (Phi) is 4.22. The zero-order valence-corrected chi connectivity index (χ0v) is 11.4. The third-order valence-corrected chi connectivity index (χ3v) is 3.99. The van der Waals surface area contributed by atoms with Gasteiger partial charge in [-0.1, -0.05) is 13.8 Å². The second-order valence-corrected chi connectivity index (χ2v) is 5.70. The van der Waals surface area contributed by atoms with E-state index in [-0.39, 0.29) is 11.6 Å². The van der Waals surface area contributed by atoms with Crippen LogP contribution in [0.3, 0.4) is 0 Å². The zero-order chi connectivity index (χ0) is 12.3. The molecule has 0 aliphatic carbocycles. The fraction of sp³-hybridized carbons (Fsp3) is 0.923. The minimum absolute atomic E-state index is 0.0439. The summed E-state index contributed by atoms with van der Waals surface area (Å²) >= 11 is 0. The van der Waals surface area contributed by atoms with Crippen LogP contribution in [0.15, 0.2) is 0 Å². The number of hydrogen-bond acceptors (Lipinski definition) is 1. The van der Waals surface area contributed by atoms with Crippen LogP contribution in [0.25, 0.3) is 0 Å². The SMILES string of the molecule is CCC(C)(C)N(C)C(=O)N1CCCC(C)C1. The van der Waals surface area contributed by atoms with Crippen LogP contribution < -0.4 is 0 Å². The Morgan fingerprint density at radius 3 is 2.62 bits per heavy atom. The molecule has 1 unspecified atom stereocenters. The van der Waals surface area contributed by atoms with E-state index in [0.717, 1.165) is 25.9 Å². The summed E-state index contributed by atoms with van der Waals surface area (Å²) in [6, 6.07) is 0.193. The van der Waals surface area contributed by atoms with Gasteiger partial charge < -0.3 is 9.80 Å². The number of urea groups is 1. The Bertz CT molecular complexity index is 250. The summed E-state index contributed by atoms with van der Waals surface area (Å²) < 4.78 is 0. The topological polar surface area (TPSA) is 23.6 Å². The van der Waals surface area contributed by atoms with Gasteiger partial charge in [0.1, 0.15) is 0 Å². The lowest BCUT2D eigenvalue weighted by molar-refractivity contribution is 0.101. The first-order chi connectivity index (χ1) is 7.38. The highest BCUT2D eigenvalue weighted by Crippen LogP contribution is 2.21. The van der Waals surface area contributed by atoms with Crippen LogP contribution in [0.1, 0.15) is 47.0 Å². The fourth-order valence-corrected chi connectivity index (χ4v) is 2.07. The van der Waals surface area contributed by atoms with Gasteiger partial charge in [0.25, 0.3) is 0 Å². The van der Waals surface area contributed by atoms with E-state index in [2.05, 4.69) is 27.7 Å². The van der Waals surface area contributed by atoms with Gasteiger partial charge >= 0.3 is 6.03 Å². The third-order valence-electron chi connectivity index (χ3n) is 3.99. The first-order valence-corrected chi connectivity index (χ1v) is 6.41. The highest BCUT2D eigenvalue weighted by molar-refractivity contribution is 5.75. The van der Waals surface area contributed by atoms with Crippen molar-refractivity contribution in [1.82, 2.24) is 9.80 Å². The van der Waals surface area contributed by atoms with Crippen molar-refractivity contribution in [3.63, 3.8) is 0 Å². The molecule has 3 heteroatoms. The number of nitrogens with zero attached hydrogens (tertiary/aromatic N) is 2. The van der Waals surface area contributed by atoms with E-state index in [1.54, 1.807) is 0 Å². The number of carbonyl (C=O) groups is 1. The van der Waals surface area contributed by atoms with Crippen LogP contribution in [-0.4, -0.2) is 41.5 Å². The van der Waals surface area contributed by atoms with E-state index < -0.39 is 0 Å². The Morgan fingerprint density at radius 2 is 2.12 bits per heavy atom. The first kappa shape index (κ1) is 13.3. The number of rotatable bonds is 2. The van der Waals surface area contributed by atoms with E-state index in [9.17, 15) is 4.79 Å². The Morgan fingerprint density at radius 1 is 1.50 bits per heavy atom. The lowest BCUT2D eigenvalue weighted by atomic mass is 9.99. The van der Waals surface area contributed by atoms with Crippen LogP contribution in [0.2, 0.25) is 0 Å². The van der Waals surface area contributed by atoms with E-state index >= 15 is 0 Å². The van der Waals surface area contributed by atoms with Crippen LogP contribution >= 0.6 is 0 Å². The monoisotopic (exact) mass is 226 g/mol. The maximum atomic E-state index is 12.3. The summed E-state index contributed by atoms with van der Waals surface area (Å²) in [5.74, 6) is 0.649. The first-order valence-electron chi connectivity index (χ1n) is 6.41. The maximum absolute atomic E-state index is 12.3. The number of hydrogen-bond donors (Lipinski definition) is 0. The molecule has 1 rings (SSSR count). The predicted molar refractivity (Wildman–Crippen MR) is 67.5 cm³/mol. The van der Waals surface area contributed by atoms with Crippen LogP contribution in [-0.2, 0) is 0 Å². The van der Waals surface area contributed by atoms with E-state index in [4.69, 9.17) is 0 Å². The molecule has 1 atom stereocenters. The lowest BCUT2D eigenvalue weighted by Gasteiger charge is -2.40. The van der Waals surface area contributed by atoms with Gasteiger partial charge in [-0.15, -0.1) is 0 Å². The van der Waals surface area contributed by atoms with Gasteiger partial charge in [-0.2, -0.15) is 0 Å². The summed E-state index contributed by atoms with van der Waals surface area (Å²) in [6.45, 7) is 10.4. The molecule has 1 aliphatic heterocycles.